The van der Waals surface area contributed by atoms with Crippen LogP contribution in [-0.4, -0.2) is 18.7 Å². The van der Waals surface area contributed by atoms with E-state index in [2.05, 4.69) is 5.32 Å². The van der Waals surface area contributed by atoms with Gasteiger partial charge in [-0.3, -0.25) is 0 Å². The maximum Gasteiger partial charge on any atom is 0.333 e. The van der Waals surface area contributed by atoms with Gasteiger partial charge in [-0.25, -0.2) is 4.79 Å². The van der Waals surface area contributed by atoms with Gasteiger partial charge in [-0.15, -0.1) is 0 Å². The Morgan fingerprint density at radius 2 is 1.61 bits per heavy atom. The minimum atomic E-state index is -0.566. The summed E-state index contributed by atoms with van der Waals surface area (Å²) in [6.07, 6.45) is 0. The maximum atomic E-state index is 12.6. The molecule has 0 bridgehead atoms. The number of ether oxygens (including phenoxy) is 2. The Balaban J connectivity index is 2.24. The predicted octanol–water partition coefficient (Wildman–Crippen LogP) is 4.19. The highest BCUT2D eigenvalue weighted by Gasteiger charge is 2.26. The van der Waals surface area contributed by atoms with Crippen LogP contribution in [0.15, 0.2) is 54.6 Å². The number of nitrogens with one attached hydrogen (secondary N) is 1. The van der Waals surface area contributed by atoms with Crippen molar-refractivity contribution in [2.24, 2.45) is 0 Å². The third kappa shape index (κ3) is 5.02. The van der Waals surface area contributed by atoms with E-state index in [0.29, 0.717) is 0 Å². The molecule has 0 aliphatic carbocycles. The van der Waals surface area contributed by atoms with E-state index in [1.807, 2.05) is 75.4 Å². The van der Waals surface area contributed by atoms with E-state index >= 15 is 0 Å². The first-order valence-electron chi connectivity index (χ1n) is 7.57. The zero-order valence-corrected chi connectivity index (χ0v) is 14.0. The van der Waals surface area contributed by atoms with Crippen LogP contribution >= 0.6 is 0 Å². The lowest BCUT2D eigenvalue weighted by Gasteiger charge is -2.25. The third-order valence-corrected chi connectivity index (χ3v) is 3.18. The number of carbonyl (C=O) groups excluding carboxylic acids is 1. The second-order valence-corrected chi connectivity index (χ2v) is 6.25. The van der Waals surface area contributed by atoms with Crippen LogP contribution in [0, 0.1) is 0 Å². The summed E-state index contributed by atoms with van der Waals surface area (Å²) in [5.74, 6) is 0.462. The minimum Gasteiger partial charge on any atom is -0.497 e. The van der Waals surface area contributed by atoms with Gasteiger partial charge in [0.15, 0.2) is 6.04 Å². The molecule has 0 saturated carbocycles. The number of carbonyl (C=O) groups is 1. The highest BCUT2D eigenvalue weighted by atomic mass is 16.6. The van der Waals surface area contributed by atoms with Crippen LogP contribution in [0.25, 0.3) is 0 Å². The molecule has 0 amide bonds. The molecule has 0 heterocycles. The average Bonchev–Trinajstić information content (AvgIpc) is 2.52. The van der Waals surface area contributed by atoms with Crippen LogP contribution in [-0.2, 0) is 9.53 Å². The first kappa shape index (κ1) is 16.9. The summed E-state index contributed by atoms with van der Waals surface area (Å²) >= 11 is 0. The molecule has 2 aromatic carbocycles. The van der Waals surface area contributed by atoms with Gasteiger partial charge in [-0.2, -0.15) is 0 Å². The first-order valence-corrected chi connectivity index (χ1v) is 7.57. The molecule has 2 aromatic rings. The summed E-state index contributed by atoms with van der Waals surface area (Å²) in [4.78, 5) is 12.6. The summed E-state index contributed by atoms with van der Waals surface area (Å²) in [6.45, 7) is 5.58. The summed E-state index contributed by atoms with van der Waals surface area (Å²) < 4.78 is 10.7. The van der Waals surface area contributed by atoms with Crippen molar-refractivity contribution in [3.05, 3.63) is 60.2 Å². The summed E-state index contributed by atoms with van der Waals surface area (Å²) in [7, 11) is 1.62. The van der Waals surface area contributed by atoms with E-state index in [9.17, 15) is 4.79 Å². The standard InChI is InChI=1S/C19H23NO3/c1-19(2,3)23-18(21)17(14-8-6-5-7-9-14)20-15-10-12-16(22-4)13-11-15/h5-13,17,20H,1-4H3. The molecule has 0 aliphatic rings. The maximum absolute atomic E-state index is 12.6. The number of hydrogen-bond acceptors (Lipinski definition) is 4. The molecular formula is C19H23NO3. The fourth-order valence-electron chi connectivity index (χ4n) is 2.14. The van der Waals surface area contributed by atoms with Gasteiger partial charge in [-0.1, -0.05) is 30.3 Å². The average molecular weight is 313 g/mol. The van der Waals surface area contributed by atoms with Crippen molar-refractivity contribution in [3.8, 4) is 5.75 Å². The second-order valence-electron chi connectivity index (χ2n) is 6.25. The Bertz CT molecular complexity index is 630. The van der Waals surface area contributed by atoms with Gasteiger partial charge in [0.05, 0.1) is 7.11 Å². The van der Waals surface area contributed by atoms with Crippen molar-refractivity contribution in [2.75, 3.05) is 12.4 Å². The monoisotopic (exact) mass is 313 g/mol. The number of esters is 1. The van der Waals surface area contributed by atoms with Gasteiger partial charge >= 0.3 is 5.97 Å². The molecule has 0 saturated heterocycles. The zero-order valence-electron chi connectivity index (χ0n) is 14.0. The first-order chi connectivity index (χ1) is 10.9. The SMILES string of the molecule is COc1ccc(NC(C(=O)OC(C)(C)C)c2ccccc2)cc1. The van der Waals surface area contributed by atoms with E-state index in [-0.39, 0.29) is 5.97 Å². The molecule has 1 atom stereocenters. The molecule has 1 N–H and O–H groups in total. The zero-order chi connectivity index (χ0) is 16.9. The molecule has 2 rings (SSSR count). The molecule has 23 heavy (non-hydrogen) atoms. The quantitative estimate of drug-likeness (QED) is 0.841. The Hall–Kier alpha value is -2.49. The van der Waals surface area contributed by atoms with Gasteiger partial charge in [0.1, 0.15) is 11.4 Å². The number of benzene rings is 2. The minimum absolute atomic E-state index is 0.306. The molecule has 4 nitrogen and oxygen atoms in total. The predicted molar refractivity (Wildman–Crippen MR) is 91.6 cm³/mol. The molecule has 4 heteroatoms. The van der Waals surface area contributed by atoms with Crippen LogP contribution in [0.1, 0.15) is 32.4 Å². The number of rotatable bonds is 5. The van der Waals surface area contributed by atoms with Crippen molar-refractivity contribution in [3.63, 3.8) is 0 Å². The second kappa shape index (κ2) is 7.18. The van der Waals surface area contributed by atoms with Crippen LogP contribution in [0.4, 0.5) is 5.69 Å². The number of hydrogen-bond donors (Lipinski definition) is 1. The van der Waals surface area contributed by atoms with E-state index in [1.54, 1.807) is 7.11 Å². The van der Waals surface area contributed by atoms with Crippen molar-refractivity contribution in [2.45, 2.75) is 32.4 Å². The molecule has 0 radical (unpaired) electrons. The lowest BCUT2D eigenvalue weighted by Crippen LogP contribution is -2.31. The van der Waals surface area contributed by atoms with Crippen LogP contribution in [0.3, 0.4) is 0 Å². The number of anilines is 1. The third-order valence-electron chi connectivity index (χ3n) is 3.18. The van der Waals surface area contributed by atoms with Crippen molar-refractivity contribution >= 4 is 11.7 Å². The Kier molecular flexibility index (Phi) is 5.27. The Morgan fingerprint density at radius 1 is 1.00 bits per heavy atom. The smallest absolute Gasteiger partial charge is 0.333 e. The normalized spacial score (nSPS) is 12.3. The van der Waals surface area contributed by atoms with Gasteiger partial charge in [0, 0.05) is 5.69 Å². The van der Waals surface area contributed by atoms with Crippen molar-refractivity contribution < 1.29 is 14.3 Å². The van der Waals surface area contributed by atoms with E-state index in [1.165, 1.54) is 0 Å². The molecule has 0 fully saturated rings. The molecule has 0 aliphatic heterocycles. The molecule has 0 spiro atoms. The summed E-state index contributed by atoms with van der Waals surface area (Å²) in [5.41, 5.74) is 1.15. The number of methoxy groups -OCH3 is 1. The molecule has 0 aromatic heterocycles. The highest BCUT2D eigenvalue weighted by Crippen LogP contribution is 2.24. The fourth-order valence-corrected chi connectivity index (χ4v) is 2.14. The lowest BCUT2D eigenvalue weighted by atomic mass is 10.1. The summed E-state index contributed by atoms with van der Waals surface area (Å²) in [6, 6.07) is 16.4. The van der Waals surface area contributed by atoms with Gasteiger partial charge in [-0.05, 0) is 50.6 Å². The summed E-state index contributed by atoms with van der Waals surface area (Å²) in [5, 5.41) is 3.24. The molecular weight excluding hydrogens is 290 g/mol. The van der Waals surface area contributed by atoms with Gasteiger partial charge < -0.3 is 14.8 Å². The Labute approximate surface area is 137 Å². The van der Waals surface area contributed by atoms with Gasteiger partial charge in [0.25, 0.3) is 0 Å². The van der Waals surface area contributed by atoms with E-state index in [4.69, 9.17) is 9.47 Å². The van der Waals surface area contributed by atoms with Crippen LogP contribution < -0.4 is 10.1 Å². The lowest BCUT2D eigenvalue weighted by molar-refractivity contribution is -0.156. The van der Waals surface area contributed by atoms with E-state index in [0.717, 1.165) is 17.0 Å². The fraction of sp³-hybridized carbons (Fsp3) is 0.316. The van der Waals surface area contributed by atoms with Crippen molar-refractivity contribution in [1.82, 2.24) is 0 Å². The van der Waals surface area contributed by atoms with Crippen molar-refractivity contribution in [1.29, 1.82) is 0 Å². The van der Waals surface area contributed by atoms with Crippen LogP contribution in [0.2, 0.25) is 0 Å². The topological polar surface area (TPSA) is 47.6 Å². The van der Waals surface area contributed by atoms with E-state index < -0.39 is 11.6 Å². The largest absolute Gasteiger partial charge is 0.497 e. The Morgan fingerprint density at radius 3 is 2.13 bits per heavy atom. The van der Waals surface area contributed by atoms with Crippen LogP contribution in [0.5, 0.6) is 5.75 Å². The molecule has 1 unspecified atom stereocenters. The molecule has 122 valence electrons. The van der Waals surface area contributed by atoms with Gasteiger partial charge in [0.2, 0.25) is 0 Å². The highest BCUT2D eigenvalue weighted by molar-refractivity contribution is 5.81.